The molecule has 2 bridgehead atoms. The Morgan fingerprint density at radius 3 is 2.31 bits per heavy atom. The molecule has 1 atom stereocenters. The van der Waals surface area contributed by atoms with Gasteiger partial charge in [0.15, 0.2) is 0 Å². The average Bonchev–Trinajstić information content (AvgIpc) is 3.51. The van der Waals surface area contributed by atoms with Gasteiger partial charge < -0.3 is 24.8 Å². The molecule has 7 rings (SSSR count). The van der Waals surface area contributed by atoms with E-state index in [9.17, 15) is 0 Å². The normalized spacial score (nSPS) is 16.1. The van der Waals surface area contributed by atoms with Gasteiger partial charge in [-0.1, -0.05) is 81.3 Å². The second-order valence-electron chi connectivity index (χ2n) is 10.4. The first-order valence-electron chi connectivity index (χ1n) is 12.5. The van der Waals surface area contributed by atoms with Crippen molar-refractivity contribution in [3.63, 3.8) is 0 Å². The number of rotatable bonds is 5. The quantitative estimate of drug-likeness (QED) is 0.180. The standard InChI is InChI=1S/C21H23.C10H12SSi.2ClH.Zr/c1-3-4-5-7-17-10-12-18(13-11-17)20-9-6-8-19-14-16(2)15-21(19)20;1-6-9-7-4-5-11-8(7)10(6)12(9,2)3;;;/h6,8-15H,3-5,7H2,1-2H3;4-5,9H,1-3H3;2*1H;/q-1;;;;+3/p-2. The van der Waals surface area contributed by atoms with Crippen molar-refractivity contribution < 1.29 is 51.0 Å². The van der Waals surface area contributed by atoms with Gasteiger partial charge in [0.1, 0.15) is 0 Å². The third kappa shape index (κ3) is 5.62. The molecule has 1 radical (unpaired) electrons. The number of unbranched alkanes of at least 4 members (excludes halogenated alkanes) is 2. The number of thiophene rings is 1. The molecule has 3 heterocycles. The van der Waals surface area contributed by atoms with E-state index in [1.54, 1.807) is 21.2 Å². The second-order valence-corrected chi connectivity index (χ2v) is 15.8. The van der Waals surface area contributed by atoms with E-state index in [0.29, 0.717) is 0 Å². The van der Waals surface area contributed by atoms with Gasteiger partial charge in [-0.3, -0.25) is 0 Å². The van der Waals surface area contributed by atoms with Crippen molar-refractivity contribution in [2.24, 2.45) is 0 Å². The van der Waals surface area contributed by atoms with Crippen LogP contribution in [0.5, 0.6) is 0 Å². The molecular formula is C31H35Cl2SSiZr. The van der Waals surface area contributed by atoms with Gasteiger partial charge in [0.05, 0.1) is 8.07 Å². The van der Waals surface area contributed by atoms with Gasteiger partial charge in [0.2, 0.25) is 0 Å². The van der Waals surface area contributed by atoms with Crippen molar-refractivity contribution in [2.45, 2.75) is 65.1 Å². The monoisotopic (exact) mass is 627 g/mol. The fraction of sp³-hybridized carbons (Fsp3) is 0.323. The first-order valence-corrected chi connectivity index (χ1v) is 16.4. The van der Waals surface area contributed by atoms with Gasteiger partial charge in [-0.15, -0.1) is 45.9 Å². The molecule has 1 aliphatic carbocycles. The Kier molecular flexibility index (Phi) is 11.2. The molecule has 0 spiro atoms. The Hall–Kier alpha value is -0.830. The molecule has 4 aromatic rings. The maximum absolute atomic E-state index is 2.51. The topological polar surface area (TPSA) is 0 Å². The molecule has 36 heavy (non-hydrogen) atoms. The molecule has 0 saturated carbocycles. The van der Waals surface area contributed by atoms with Crippen LogP contribution < -0.4 is 24.8 Å². The molecule has 0 fully saturated rings. The van der Waals surface area contributed by atoms with Crippen LogP contribution >= 0.6 is 11.3 Å². The summed E-state index contributed by atoms with van der Waals surface area (Å²) >= 11 is 1.94. The Balaban J connectivity index is 0.000000261. The maximum atomic E-state index is 2.51. The van der Waals surface area contributed by atoms with Crippen LogP contribution in [0.3, 0.4) is 0 Å². The van der Waals surface area contributed by atoms with Crippen molar-refractivity contribution in [3.05, 3.63) is 93.2 Å². The van der Waals surface area contributed by atoms with Crippen molar-refractivity contribution in [1.29, 1.82) is 0 Å². The Morgan fingerprint density at radius 2 is 1.67 bits per heavy atom. The number of fused-ring (bicyclic) bond motifs is 1. The van der Waals surface area contributed by atoms with Crippen LogP contribution in [0.1, 0.15) is 60.2 Å². The van der Waals surface area contributed by atoms with E-state index in [0.717, 1.165) is 5.54 Å². The fourth-order valence-corrected chi connectivity index (χ4v) is 12.4. The molecule has 187 valence electrons. The van der Waals surface area contributed by atoms with Crippen molar-refractivity contribution in [3.8, 4) is 11.1 Å². The summed E-state index contributed by atoms with van der Waals surface area (Å²) in [4.78, 5) is 1.63. The minimum Gasteiger partial charge on any atom is -1.00 e. The smallest absolute Gasteiger partial charge is 1.00 e. The van der Waals surface area contributed by atoms with Gasteiger partial charge in [-0.05, 0) is 53.1 Å². The predicted molar refractivity (Wildman–Crippen MR) is 150 cm³/mol. The van der Waals surface area contributed by atoms with Crippen molar-refractivity contribution in [1.82, 2.24) is 0 Å². The molecule has 3 aliphatic rings. The van der Waals surface area contributed by atoms with Gasteiger partial charge in [0.25, 0.3) is 0 Å². The summed E-state index contributed by atoms with van der Waals surface area (Å²) in [6, 6.07) is 22.6. The van der Waals surface area contributed by atoms with Gasteiger partial charge in [-0.25, -0.2) is 0 Å². The summed E-state index contributed by atoms with van der Waals surface area (Å²) < 4.78 is 0. The van der Waals surface area contributed by atoms with Crippen LogP contribution in [0, 0.1) is 6.92 Å². The van der Waals surface area contributed by atoms with Crippen LogP contribution in [0.2, 0.25) is 13.1 Å². The molecule has 0 N–H and O–H groups in total. The zero-order valence-electron chi connectivity index (χ0n) is 21.9. The molecule has 1 aromatic heterocycles. The van der Waals surface area contributed by atoms with Crippen molar-refractivity contribution >= 4 is 35.4 Å². The van der Waals surface area contributed by atoms with Crippen molar-refractivity contribution in [2.75, 3.05) is 0 Å². The summed E-state index contributed by atoms with van der Waals surface area (Å²) in [5.41, 5.74) is 9.70. The molecule has 5 heteroatoms. The van der Waals surface area contributed by atoms with Crippen LogP contribution in [0.15, 0.2) is 71.6 Å². The van der Waals surface area contributed by atoms with Crippen LogP contribution in [-0.4, -0.2) is 8.07 Å². The zero-order chi connectivity index (χ0) is 23.2. The average molecular weight is 630 g/mol. The fourth-order valence-electron chi connectivity index (χ4n) is 6.17. The number of hydrogen-bond donors (Lipinski definition) is 0. The minimum absolute atomic E-state index is 0. The molecule has 3 aromatic carbocycles. The van der Waals surface area contributed by atoms with E-state index >= 15 is 0 Å². The summed E-state index contributed by atoms with van der Waals surface area (Å²) in [5, 5.41) is 6.73. The first-order chi connectivity index (χ1) is 15.9. The molecule has 0 nitrogen and oxygen atoms in total. The summed E-state index contributed by atoms with van der Waals surface area (Å²) in [7, 11) is -0.972. The zero-order valence-corrected chi connectivity index (χ0v) is 27.7. The number of halogens is 2. The minimum atomic E-state index is -0.972. The summed E-state index contributed by atoms with van der Waals surface area (Å²) in [6.07, 6.45) is 5.12. The largest absolute Gasteiger partial charge is 3.00 e. The summed E-state index contributed by atoms with van der Waals surface area (Å²) in [5.74, 6) is 0. The maximum Gasteiger partial charge on any atom is 3.00 e. The van der Waals surface area contributed by atoms with Gasteiger partial charge >= 0.3 is 26.2 Å². The molecule has 0 saturated heterocycles. The van der Waals surface area contributed by atoms with E-state index < -0.39 is 8.07 Å². The second kappa shape index (κ2) is 12.8. The Labute approximate surface area is 253 Å². The van der Waals surface area contributed by atoms with Crippen LogP contribution in [0.25, 0.3) is 27.1 Å². The van der Waals surface area contributed by atoms with Gasteiger partial charge in [0, 0.05) is 10.4 Å². The van der Waals surface area contributed by atoms with Crippen LogP contribution in [-0.2, 0) is 32.6 Å². The Morgan fingerprint density at radius 1 is 0.944 bits per heavy atom. The summed E-state index contributed by atoms with van der Waals surface area (Å²) in [6.45, 7) is 11.8. The number of allylic oxidation sites excluding steroid dienone is 1. The van der Waals surface area contributed by atoms with E-state index in [1.807, 2.05) is 11.3 Å². The third-order valence-corrected chi connectivity index (χ3v) is 12.9. The van der Waals surface area contributed by atoms with Gasteiger partial charge in [-0.2, -0.15) is 6.07 Å². The molecule has 1 unspecified atom stereocenters. The predicted octanol–water partition coefficient (Wildman–Crippen LogP) is 3.69. The Bertz CT molecular complexity index is 1330. The third-order valence-electron chi connectivity index (χ3n) is 7.66. The molecular weight excluding hydrogens is 595 g/mol. The number of aryl methyl sites for hydroxylation is 2. The van der Waals surface area contributed by atoms with E-state index in [1.165, 1.54) is 58.7 Å². The number of benzene rings is 2. The van der Waals surface area contributed by atoms with Crippen LogP contribution in [0.4, 0.5) is 0 Å². The van der Waals surface area contributed by atoms with E-state index in [2.05, 4.69) is 99.9 Å². The molecule has 0 amide bonds. The van der Waals surface area contributed by atoms with E-state index in [-0.39, 0.29) is 51.0 Å². The first kappa shape index (κ1) is 31.4. The number of hydrogen-bond acceptors (Lipinski definition) is 1. The van der Waals surface area contributed by atoms with E-state index in [4.69, 9.17) is 0 Å². The molecule has 2 aliphatic heterocycles. The SMILES string of the molecule is CC1=C2c3sccc3C1[Si]2(C)C.CCCCCc1ccc(-c2cccc3[cH-]c(C)cc23)cc1.[Cl-].[Cl-].[Zr+3].